The van der Waals surface area contributed by atoms with Crippen molar-refractivity contribution in [2.24, 2.45) is 7.05 Å². The number of nitrogens with zero attached hydrogens (tertiary/aromatic N) is 3. The third kappa shape index (κ3) is 1.97. The number of hydrogen-bond acceptors (Lipinski definition) is 2. The van der Waals surface area contributed by atoms with Gasteiger partial charge in [-0.15, -0.1) is 0 Å². The van der Waals surface area contributed by atoms with Gasteiger partial charge in [0.25, 0.3) is 0 Å². The summed E-state index contributed by atoms with van der Waals surface area (Å²) in [5.41, 5.74) is 8.68. The average Bonchev–Trinajstić information content (AvgIpc) is 3.43. The summed E-state index contributed by atoms with van der Waals surface area (Å²) in [5.74, 6) is 0.958. The van der Waals surface area contributed by atoms with Crippen molar-refractivity contribution < 1.29 is 4.42 Å². The topological polar surface area (TPSA) is 35.4 Å². The van der Waals surface area contributed by atoms with Crippen LogP contribution in [-0.4, -0.2) is 14.0 Å². The minimum atomic E-state index is 0.920. The highest BCUT2D eigenvalue weighted by molar-refractivity contribution is 6.06. The summed E-state index contributed by atoms with van der Waals surface area (Å²) in [6.45, 7) is 0. The van der Waals surface area contributed by atoms with Crippen LogP contribution < -0.4 is 0 Å². The van der Waals surface area contributed by atoms with Crippen LogP contribution in [0.25, 0.3) is 60.9 Å². The van der Waals surface area contributed by atoms with Gasteiger partial charge in [0.05, 0.1) is 22.1 Å². The Balaban J connectivity index is 1.52. The molecule has 7 rings (SSSR count). The number of rotatable bonds is 1. The Hall–Kier alpha value is -4.05. The fourth-order valence-electron chi connectivity index (χ4n) is 4.65. The zero-order valence-corrected chi connectivity index (χ0v) is 16.3. The summed E-state index contributed by atoms with van der Waals surface area (Å²) in [7, 11) is 2.08. The summed E-state index contributed by atoms with van der Waals surface area (Å²) >= 11 is 0. The number of para-hydroxylation sites is 3. The van der Waals surface area contributed by atoms with E-state index in [4.69, 9.17) is 9.40 Å². The number of fused-ring (bicyclic) bond motifs is 8. The van der Waals surface area contributed by atoms with E-state index in [1.807, 2.05) is 18.2 Å². The number of benzene rings is 4. The van der Waals surface area contributed by atoms with Gasteiger partial charge in [0, 0.05) is 17.8 Å². The fourth-order valence-corrected chi connectivity index (χ4v) is 4.65. The van der Waals surface area contributed by atoms with E-state index in [0.717, 1.165) is 44.3 Å². The first kappa shape index (κ1) is 15.8. The Morgan fingerprint density at radius 2 is 1.43 bits per heavy atom. The lowest BCUT2D eigenvalue weighted by Crippen LogP contribution is -1.88. The van der Waals surface area contributed by atoms with E-state index in [0.29, 0.717) is 0 Å². The monoisotopic (exact) mass is 387 g/mol. The molecule has 4 nitrogen and oxygen atoms in total. The second-order valence-corrected chi connectivity index (χ2v) is 7.81. The molecule has 0 unspecified atom stereocenters. The van der Waals surface area contributed by atoms with Crippen LogP contribution in [0.15, 0.2) is 89.3 Å². The van der Waals surface area contributed by atoms with Gasteiger partial charge in [0.15, 0.2) is 0 Å². The molecule has 142 valence electrons. The van der Waals surface area contributed by atoms with Crippen molar-refractivity contribution in [1.29, 1.82) is 0 Å². The first-order valence-electron chi connectivity index (χ1n) is 10.1. The van der Waals surface area contributed by atoms with E-state index in [2.05, 4.69) is 82.7 Å². The Labute approximate surface area is 171 Å². The smallest absolute Gasteiger partial charge is 0.215 e. The Morgan fingerprint density at radius 1 is 0.667 bits per heavy atom. The highest BCUT2D eigenvalue weighted by Crippen LogP contribution is 2.34. The van der Waals surface area contributed by atoms with Crippen LogP contribution >= 0.6 is 0 Å². The molecule has 0 saturated carbocycles. The van der Waals surface area contributed by atoms with Crippen molar-refractivity contribution in [1.82, 2.24) is 14.0 Å². The molecular weight excluding hydrogens is 370 g/mol. The Kier molecular flexibility index (Phi) is 2.91. The molecule has 4 aromatic carbocycles. The van der Waals surface area contributed by atoms with Crippen molar-refractivity contribution in [3.8, 4) is 11.1 Å². The molecule has 0 spiro atoms. The van der Waals surface area contributed by atoms with Crippen LogP contribution in [0, 0.1) is 0 Å². The van der Waals surface area contributed by atoms with E-state index in [-0.39, 0.29) is 0 Å². The van der Waals surface area contributed by atoms with Crippen molar-refractivity contribution in [2.75, 3.05) is 0 Å². The van der Waals surface area contributed by atoms with Crippen molar-refractivity contribution in [3.05, 3.63) is 84.9 Å². The maximum Gasteiger partial charge on any atom is 0.215 e. The first-order chi connectivity index (χ1) is 14.8. The van der Waals surface area contributed by atoms with Crippen molar-refractivity contribution in [2.45, 2.75) is 0 Å². The van der Waals surface area contributed by atoms with Crippen LogP contribution in [0.3, 0.4) is 0 Å². The van der Waals surface area contributed by atoms with E-state index >= 15 is 0 Å². The summed E-state index contributed by atoms with van der Waals surface area (Å²) in [4.78, 5) is 4.84. The van der Waals surface area contributed by atoms with Crippen LogP contribution in [0.2, 0.25) is 0 Å². The quantitative estimate of drug-likeness (QED) is 0.320. The van der Waals surface area contributed by atoms with Crippen LogP contribution in [0.4, 0.5) is 0 Å². The highest BCUT2D eigenvalue weighted by Gasteiger charge is 2.15. The highest BCUT2D eigenvalue weighted by atomic mass is 16.3. The van der Waals surface area contributed by atoms with Crippen LogP contribution in [0.1, 0.15) is 0 Å². The molecule has 0 aliphatic rings. The largest absolute Gasteiger partial charge is 0.456 e. The summed E-state index contributed by atoms with van der Waals surface area (Å²) in [5, 5.41) is 2.30. The SMILES string of the molecule is Cn1c2ccc(-c3ccc4oc5ccccc5c4c3)cc2n2c3ccccc3nc12. The molecule has 0 bridgehead atoms. The molecule has 0 atom stereocenters. The number of imidazole rings is 2. The Bertz CT molecular complexity index is 1760. The molecule has 3 heterocycles. The first-order valence-corrected chi connectivity index (χ1v) is 10.1. The molecule has 0 aliphatic carbocycles. The van der Waals surface area contributed by atoms with Gasteiger partial charge in [0.2, 0.25) is 5.78 Å². The van der Waals surface area contributed by atoms with Crippen molar-refractivity contribution in [3.63, 3.8) is 0 Å². The predicted octanol–water partition coefficient (Wildman–Crippen LogP) is 6.55. The predicted molar refractivity (Wildman–Crippen MR) is 122 cm³/mol. The molecule has 3 aromatic heterocycles. The molecule has 7 aromatic rings. The molecule has 0 saturated heterocycles. The minimum Gasteiger partial charge on any atom is -0.456 e. The van der Waals surface area contributed by atoms with Crippen LogP contribution in [0.5, 0.6) is 0 Å². The molecule has 0 aliphatic heterocycles. The fraction of sp³-hybridized carbons (Fsp3) is 0.0385. The van der Waals surface area contributed by atoms with Crippen LogP contribution in [-0.2, 0) is 7.05 Å². The summed E-state index contributed by atoms with van der Waals surface area (Å²) in [6, 6.07) is 29.6. The standard InChI is InChI=1S/C26H17N3O/c1-28-22-12-10-17(15-23(22)29-21-8-4-3-7-20(21)27-26(28)29)16-11-13-25-19(14-16)18-6-2-5-9-24(18)30-25/h2-15H,1H3. The summed E-state index contributed by atoms with van der Waals surface area (Å²) in [6.07, 6.45) is 0. The average molecular weight is 387 g/mol. The van der Waals surface area contributed by atoms with Gasteiger partial charge in [-0.2, -0.15) is 0 Å². The Morgan fingerprint density at radius 3 is 2.40 bits per heavy atom. The van der Waals surface area contributed by atoms with Gasteiger partial charge in [0.1, 0.15) is 11.2 Å². The van der Waals surface area contributed by atoms with Gasteiger partial charge < -0.3 is 8.98 Å². The molecule has 30 heavy (non-hydrogen) atoms. The maximum atomic E-state index is 6.00. The van der Waals surface area contributed by atoms with Gasteiger partial charge in [-0.25, -0.2) is 4.98 Å². The van der Waals surface area contributed by atoms with E-state index < -0.39 is 0 Å². The van der Waals surface area contributed by atoms with Gasteiger partial charge in [-0.3, -0.25) is 4.40 Å². The van der Waals surface area contributed by atoms with E-state index in [1.165, 1.54) is 16.6 Å². The minimum absolute atomic E-state index is 0.920. The van der Waals surface area contributed by atoms with Gasteiger partial charge in [-0.05, 0) is 53.6 Å². The molecule has 0 radical (unpaired) electrons. The number of aryl methyl sites for hydroxylation is 1. The number of aromatic nitrogens is 3. The lowest BCUT2D eigenvalue weighted by atomic mass is 10.0. The number of hydrogen-bond donors (Lipinski definition) is 0. The number of furan rings is 1. The van der Waals surface area contributed by atoms with Crippen molar-refractivity contribution >= 4 is 49.8 Å². The second-order valence-electron chi connectivity index (χ2n) is 7.81. The molecule has 0 N–H and O–H groups in total. The van der Waals surface area contributed by atoms with Gasteiger partial charge >= 0.3 is 0 Å². The van der Waals surface area contributed by atoms with E-state index in [1.54, 1.807) is 0 Å². The zero-order chi connectivity index (χ0) is 19.8. The molecule has 0 amide bonds. The second kappa shape index (κ2) is 5.51. The third-order valence-electron chi connectivity index (χ3n) is 6.13. The van der Waals surface area contributed by atoms with Gasteiger partial charge in [-0.1, -0.05) is 42.5 Å². The zero-order valence-electron chi connectivity index (χ0n) is 16.3. The normalized spacial score (nSPS) is 12.2. The lowest BCUT2D eigenvalue weighted by Gasteiger charge is -2.04. The maximum absolute atomic E-state index is 6.00. The third-order valence-corrected chi connectivity index (χ3v) is 6.13. The molecule has 4 heteroatoms. The van der Waals surface area contributed by atoms with E-state index in [9.17, 15) is 0 Å². The molecular formula is C26H17N3O. The summed E-state index contributed by atoms with van der Waals surface area (Å²) < 4.78 is 10.4. The lowest BCUT2D eigenvalue weighted by molar-refractivity contribution is 0.669. The molecule has 0 fully saturated rings.